The Kier molecular flexibility index (Phi) is 6.00. The van der Waals surface area contributed by atoms with Crippen LogP contribution in [0.15, 0.2) is 58.4 Å². The second-order valence-electron chi connectivity index (χ2n) is 7.27. The second kappa shape index (κ2) is 8.73. The Labute approximate surface area is 188 Å². The quantitative estimate of drug-likeness (QED) is 0.498. The molecule has 2 heterocycles. The molecule has 2 amide bonds. The molecule has 0 atom stereocenters. The summed E-state index contributed by atoms with van der Waals surface area (Å²) < 4.78 is 26.5. The van der Waals surface area contributed by atoms with Crippen molar-refractivity contribution in [2.24, 2.45) is 0 Å². The summed E-state index contributed by atoms with van der Waals surface area (Å²) in [5.41, 5.74) is 4.33. The summed E-state index contributed by atoms with van der Waals surface area (Å²) >= 11 is 5.92. The van der Waals surface area contributed by atoms with Crippen LogP contribution in [0.4, 0.5) is 0 Å². The number of hydrogen-bond acceptors (Lipinski definition) is 5. The number of rotatable bonds is 4. The third-order valence-electron chi connectivity index (χ3n) is 5.20. The summed E-state index contributed by atoms with van der Waals surface area (Å²) in [6.45, 7) is 0.966. The van der Waals surface area contributed by atoms with E-state index in [9.17, 15) is 22.8 Å². The number of H-pyrrole nitrogens is 1. The smallest absolute Gasteiger partial charge is 0.275 e. The zero-order chi connectivity index (χ0) is 22.9. The van der Waals surface area contributed by atoms with Gasteiger partial charge in [0.25, 0.3) is 11.8 Å². The first-order valence-corrected chi connectivity index (χ1v) is 11.6. The SMILES string of the molecule is O=C(NNC(=O)c1c[nH]c2ccc(Cl)cc2c1=O)c1ccc(S(=O)(=O)N2CCCC2)cc1. The highest BCUT2D eigenvalue weighted by Gasteiger charge is 2.27. The first-order chi connectivity index (χ1) is 15.3. The number of carbonyl (C=O) groups is 2. The molecule has 2 aromatic carbocycles. The molecule has 0 aliphatic carbocycles. The van der Waals surface area contributed by atoms with Gasteiger partial charge in [-0.25, -0.2) is 8.42 Å². The van der Waals surface area contributed by atoms with Gasteiger partial charge < -0.3 is 4.98 Å². The van der Waals surface area contributed by atoms with Crippen molar-refractivity contribution >= 4 is 44.3 Å². The second-order valence-corrected chi connectivity index (χ2v) is 9.64. The van der Waals surface area contributed by atoms with Crippen LogP contribution in [0.1, 0.15) is 33.6 Å². The standard InChI is InChI=1S/C21H19ClN4O5S/c22-14-5-8-18-16(11-14)19(27)17(12-23-18)21(29)25-24-20(28)13-3-6-15(7-4-13)32(30,31)26-9-1-2-10-26/h3-8,11-12H,1-2,9-10H2,(H,23,27)(H,24,28)(H,25,29). The monoisotopic (exact) mass is 474 g/mol. The molecule has 1 fully saturated rings. The summed E-state index contributed by atoms with van der Waals surface area (Å²) in [5, 5.41) is 0.593. The fraction of sp³-hybridized carbons (Fsp3) is 0.190. The number of hydrazine groups is 1. The van der Waals surface area contributed by atoms with Gasteiger partial charge in [0.05, 0.1) is 4.90 Å². The number of fused-ring (bicyclic) bond motifs is 1. The van der Waals surface area contributed by atoms with Crippen molar-refractivity contribution in [3.63, 3.8) is 0 Å². The van der Waals surface area contributed by atoms with Crippen molar-refractivity contribution in [2.45, 2.75) is 17.7 Å². The molecular formula is C21H19ClN4O5S. The Morgan fingerprint density at radius 1 is 0.969 bits per heavy atom. The zero-order valence-electron chi connectivity index (χ0n) is 16.7. The molecule has 9 nitrogen and oxygen atoms in total. The maximum absolute atomic E-state index is 12.6. The maximum atomic E-state index is 12.6. The largest absolute Gasteiger partial charge is 0.360 e. The molecule has 0 bridgehead atoms. The van der Waals surface area contributed by atoms with Gasteiger partial charge in [-0.15, -0.1) is 0 Å². The lowest BCUT2D eigenvalue weighted by Crippen LogP contribution is -2.43. The molecule has 0 unspecified atom stereocenters. The van der Waals surface area contributed by atoms with Crippen LogP contribution in [0.3, 0.4) is 0 Å². The van der Waals surface area contributed by atoms with Gasteiger partial charge in [0.1, 0.15) is 5.56 Å². The van der Waals surface area contributed by atoms with E-state index in [0.717, 1.165) is 12.8 Å². The molecule has 4 rings (SSSR count). The fourth-order valence-corrected chi connectivity index (χ4v) is 5.16. The third kappa shape index (κ3) is 4.24. The highest BCUT2D eigenvalue weighted by molar-refractivity contribution is 7.89. The average Bonchev–Trinajstić information content (AvgIpc) is 3.34. The lowest BCUT2D eigenvalue weighted by molar-refractivity contribution is 0.0846. The number of sulfonamides is 1. The summed E-state index contributed by atoms with van der Waals surface area (Å²) in [5.74, 6) is -1.47. The molecule has 1 aromatic heterocycles. The minimum absolute atomic E-state index is 0.0985. The van der Waals surface area contributed by atoms with Crippen LogP contribution >= 0.6 is 11.6 Å². The van der Waals surface area contributed by atoms with E-state index in [1.54, 1.807) is 12.1 Å². The Morgan fingerprint density at radius 2 is 1.62 bits per heavy atom. The Balaban J connectivity index is 1.45. The Hall–Kier alpha value is -3.21. The van der Waals surface area contributed by atoms with Crippen LogP contribution in [-0.2, 0) is 10.0 Å². The lowest BCUT2D eigenvalue weighted by atomic mass is 10.1. The molecule has 11 heteroatoms. The van der Waals surface area contributed by atoms with Gasteiger partial charge in [0, 0.05) is 40.8 Å². The number of amides is 2. The van der Waals surface area contributed by atoms with Crippen molar-refractivity contribution in [3.05, 3.63) is 75.0 Å². The van der Waals surface area contributed by atoms with E-state index >= 15 is 0 Å². The number of pyridine rings is 1. The molecule has 0 radical (unpaired) electrons. The van der Waals surface area contributed by atoms with E-state index in [-0.39, 0.29) is 21.4 Å². The first kappa shape index (κ1) is 22.0. The topological polar surface area (TPSA) is 128 Å². The summed E-state index contributed by atoms with van der Waals surface area (Å²) in [6.07, 6.45) is 2.90. The van der Waals surface area contributed by atoms with Crippen molar-refractivity contribution in [3.8, 4) is 0 Å². The normalized spacial score (nSPS) is 14.4. The third-order valence-corrected chi connectivity index (χ3v) is 7.34. The van der Waals surface area contributed by atoms with Crippen molar-refractivity contribution < 1.29 is 18.0 Å². The van der Waals surface area contributed by atoms with Crippen LogP contribution in [0.5, 0.6) is 0 Å². The molecule has 1 saturated heterocycles. The number of nitrogens with one attached hydrogen (secondary N) is 3. The molecule has 32 heavy (non-hydrogen) atoms. The van der Waals surface area contributed by atoms with E-state index in [4.69, 9.17) is 11.6 Å². The molecule has 1 aliphatic heterocycles. The highest BCUT2D eigenvalue weighted by Crippen LogP contribution is 2.21. The number of aromatic nitrogens is 1. The van der Waals surface area contributed by atoms with Crippen LogP contribution in [0.25, 0.3) is 10.9 Å². The number of nitrogens with zero attached hydrogens (tertiary/aromatic N) is 1. The van der Waals surface area contributed by atoms with Crippen LogP contribution in [0.2, 0.25) is 5.02 Å². The van der Waals surface area contributed by atoms with E-state index < -0.39 is 27.3 Å². The van der Waals surface area contributed by atoms with Crippen molar-refractivity contribution in [1.29, 1.82) is 0 Å². The van der Waals surface area contributed by atoms with Gasteiger partial charge in [-0.1, -0.05) is 11.6 Å². The summed E-state index contributed by atoms with van der Waals surface area (Å²) in [7, 11) is -3.58. The van der Waals surface area contributed by atoms with Gasteiger partial charge >= 0.3 is 0 Å². The van der Waals surface area contributed by atoms with Crippen LogP contribution in [-0.4, -0.2) is 42.6 Å². The average molecular weight is 475 g/mol. The van der Waals surface area contributed by atoms with Gasteiger partial charge in [0.15, 0.2) is 0 Å². The minimum Gasteiger partial charge on any atom is -0.360 e. The Morgan fingerprint density at radius 3 is 2.31 bits per heavy atom. The molecule has 0 spiro atoms. The zero-order valence-corrected chi connectivity index (χ0v) is 18.3. The van der Waals surface area contributed by atoms with Crippen molar-refractivity contribution in [1.82, 2.24) is 20.1 Å². The lowest BCUT2D eigenvalue weighted by Gasteiger charge is -2.15. The van der Waals surface area contributed by atoms with Crippen molar-refractivity contribution in [2.75, 3.05) is 13.1 Å². The predicted molar refractivity (Wildman–Crippen MR) is 119 cm³/mol. The van der Waals surface area contributed by atoms with E-state index in [1.807, 2.05) is 0 Å². The van der Waals surface area contributed by atoms with E-state index in [1.165, 1.54) is 40.8 Å². The maximum Gasteiger partial charge on any atom is 0.275 e. The van der Waals surface area contributed by atoms with Crippen LogP contribution in [0, 0.1) is 0 Å². The van der Waals surface area contributed by atoms with Gasteiger partial charge in [-0.05, 0) is 55.3 Å². The first-order valence-electron chi connectivity index (χ1n) is 9.79. The number of halogens is 1. The summed E-state index contributed by atoms with van der Waals surface area (Å²) in [6, 6.07) is 10.1. The van der Waals surface area contributed by atoms with E-state index in [2.05, 4.69) is 15.8 Å². The molecule has 166 valence electrons. The fourth-order valence-electron chi connectivity index (χ4n) is 3.47. The van der Waals surface area contributed by atoms with E-state index in [0.29, 0.717) is 23.6 Å². The Bertz CT molecular complexity index is 1360. The van der Waals surface area contributed by atoms with Gasteiger partial charge in [-0.3, -0.25) is 25.2 Å². The molecule has 3 N–H and O–H groups in total. The number of aromatic amines is 1. The molecule has 1 aliphatic rings. The number of benzene rings is 2. The predicted octanol–water partition coefficient (Wildman–Crippen LogP) is 2.04. The molecular weight excluding hydrogens is 456 g/mol. The number of carbonyl (C=O) groups excluding carboxylic acids is 2. The summed E-state index contributed by atoms with van der Waals surface area (Å²) in [4.78, 5) is 40.3. The number of hydrogen-bond donors (Lipinski definition) is 3. The minimum atomic E-state index is -3.58. The highest BCUT2D eigenvalue weighted by atomic mass is 35.5. The molecule has 0 saturated carbocycles. The van der Waals surface area contributed by atoms with Crippen LogP contribution < -0.4 is 16.3 Å². The van der Waals surface area contributed by atoms with Gasteiger partial charge in [0.2, 0.25) is 15.5 Å². The molecule has 3 aromatic rings. The van der Waals surface area contributed by atoms with Gasteiger partial charge in [-0.2, -0.15) is 4.31 Å².